The van der Waals surface area contributed by atoms with Gasteiger partial charge in [0.25, 0.3) is 0 Å². The topological polar surface area (TPSA) is 49.4 Å². The quantitative estimate of drug-likeness (QED) is 0.419. The van der Waals surface area contributed by atoms with E-state index in [1.807, 2.05) is 0 Å². The third kappa shape index (κ3) is 2.43. The lowest BCUT2D eigenvalue weighted by molar-refractivity contribution is -0.885. The molecule has 2 aliphatic heterocycles. The van der Waals surface area contributed by atoms with E-state index in [9.17, 15) is 9.90 Å². The summed E-state index contributed by atoms with van der Waals surface area (Å²) in [5, 5.41) is 12.2. The number of esters is 1. The third-order valence-electron chi connectivity index (χ3n) is 3.79. The Bertz CT molecular complexity index is 387. The molecule has 0 radical (unpaired) electrons. The van der Waals surface area contributed by atoms with Crippen LogP contribution in [0.1, 0.15) is 32.6 Å². The molecule has 1 atom stereocenters. The van der Waals surface area contributed by atoms with E-state index in [0.29, 0.717) is 23.2 Å². The van der Waals surface area contributed by atoms with Gasteiger partial charge in [-0.2, -0.15) is 0 Å². The third-order valence-corrected chi connectivity index (χ3v) is 3.79. The fourth-order valence-electron chi connectivity index (χ4n) is 2.91. The first-order valence-electron chi connectivity index (χ1n) is 6.78. The zero-order chi connectivity index (χ0) is 13.0. The van der Waals surface area contributed by atoms with Crippen LogP contribution in [0.3, 0.4) is 0 Å². The van der Waals surface area contributed by atoms with Crippen LogP contribution in [-0.4, -0.2) is 36.7 Å². The van der Waals surface area contributed by atoms with Gasteiger partial charge in [-0.05, 0) is 32.3 Å². The number of hydrogen-bond donors (Lipinski definition) is 0. The molecule has 0 aliphatic carbocycles. The average molecular weight is 251 g/mol. The molecule has 0 amide bonds. The van der Waals surface area contributed by atoms with E-state index in [2.05, 4.69) is 12.2 Å². The first-order valence-corrected chi connectivity index (χ1v) is 6.78. The van der Waals surface area contributed by atoms with Crippen molar-refractivity contribution in [3.63, 3.8) is 0 Å². The van der Waals surface area contributed by atoms with Crippen LogP contribution in [-0.2, 0) is 9.53 Å². The predicted octanol–water partition coefficient (Wildman–Crippen LogP) is 1.08. The predicted molar refractivity (Wildman–Crippen MR) is 66.1 cm³/mol. The van der Waals surface area contributed by atoms with E-state index in [1.54, 1.807) is 6.92 Å². The van der Waals surface area contributed by atoms with Crippen molar-refractivity contribution in [1.29, 1.82) is 0 Å². The molecule has 0 aromatic heterocycles. The molecule has 0 aromatic carbocycles. The van der Waals surface area contributed by atoms with Crippen LogP contribution in [0, 0.1) is 0 Å². The zero-order valence-corrected chi connectivity index (χ0v) is 11.0. The van der Waals surface area contributed by atoms with Crippen LogP contribution in [0.15, 0.2) is 23.6 Å². The lowest BCUT2D eigenvalue weighted by Crippen LogP contribution is -2.52. The summed E-state index contributed by atoms with van der Waals surface area (Å²) in [6.07, 6.45) is 7.50. The first kappa shape index (κ1) is 13.1. The maximum absolute atomic E-state index is 12.2. The standard InChI is InChI=1S/C14H21NO3/c1-2-18-14(17)13-12(16)8-4-7-11-15(13)9-5-3-6-10-15/h3,5H,2,4,6-11H2,1H3. The molecule has 0 bridgehead atoms. The Hall–Kier alpha value is -1.29. The number of quaternary nitrogens is 1. The first-order chi connectivity index (χ1) is 8.69. The van der Waals surface area contributed by atoms with Crippen molar-refractivity contribution in [3.05, 3.63) is 23.6 Å². The van der Waals surface area contributed by atoms with Gasteiger partial charge < -0.3 is 9.84 Å². The minimum absolute atomic E-state index is 0.0127. The molecule has 0 aromatic rings. The normalized spacial score (nSPS) is 28.3. The summed E-state index contributed by atoms with van der Waals surface area (Å²) in [5.74, 6) is -0.416. The van der Waals surface area contributed by atoms with Gasteiger partial charge in [0.05, 0.1) is 19.7 Å². The van der Waals surface area contributed by atoms with Crippen LogP contribution in [0.5, 0.6) is 0 Å². The molecular formula is C14H21NO3. The minimum atomic E-state index is -0.403. The van der Waals surface area contributed by atoms with Gasteiger partial charge in [-0.15, -0.1) is 0 Å². The summed E-state index contributed by atoms with van der Waals surface area (Å²) in [7, 11) is 0. The Morgan fingerprint density at radius 2 is 2.22 bits per heavy atom. The fraction of sp³-hybridized carbons (Fsp3) is 0.643. The summed E-state index contributed by atoms with van der Waals surface area (Å²) < 4.78 is 5.61. The number of ether oxygens (including phenoxy) is 1. The number of carbonyl (C=O) groups excluding carboxylic acids is 1. The lowest BCUT2D eigenvalue weighted by Gasteiger charge is -2.40. The van der Waals surface area contributed by atoms with Gasteiger partial charge >= 0.3 is 5.97 Å². The van der Waals surface area contributed by atoms with Crippen molar-refractivity contribution in [3.8, 4) is 0 Å². The summed E-state index contributed by atoms with van der Waals surface area (Å²) in [6.45, 7) is 4.58. The number of hydrogen-bond acceptors (Lipinski definition) is 3. The van der Waals surface area contributed by atoms with Crippen LogP contribution >= 0.6 is 0 Å². The van der Waals surface area contributed by atoms with E-state index in [0.717, 1.165) is 38.9 Å². The SMILES string of the molecule is CCOC(=O)C1=C([O-])CCCC[N+]12CC=CCC2. The van der Waals surface area contributed by atoms with Crippen molar-refractivity contribution >= 4 is 5.97 Å². The molecule has 4 heteroatoms. The molecule has 100 valence electrons. The molecule has 0 saturated heterocycles. The van der Waals surface area contributed by atoms with Gasteiger partial charge in [0.15, 0.2) is 0 Å². The Morgan fingerprint density at radius 1 is 1.39 bits per heavy atom. The Balaban J connectivity index is 2.37. The minimum Gasteiger partial charge on any atom is -0.871 e. The zero-order valence-electron chi connectivity index (χ0n) is 11.0. The molecule has 4 nitrogen and oxygen atoms in total. The molecule has 1 spiro atoms. The summed E-state index contributed by atoms with van der Waals surface area (Å²) in [6, 6.07) is 0. The molecular weight excluding hydrogens is 230 g/mol. The Kier molecular flexibility index (Phi) is 4.07. The van der Waals surface area contributed by atoms with Crippen molar-refractivity contribution in [1.82, 2.24) is 0 Å². The number of allylic oxidation sites excluding steroid dienone is 1. The van der Waals surface area contributed by atoms with Gasteiger partial charge in [-0.3, -0.25) is 4.48 Å². The van der Waals surface area contributed by atoms with Gasteiger partial charge in [0.2, 0.25) is 5.70 Å². The van der Waals surface area contributed by atoms with Crippen LogP contribution in [0.25, 0.3) is 0 Å². The van der Waals surface area contributed by atoms with Gasteiger partial charge in [0, 0.05) is 6.42 Å². The van der Waals surface area contributed by atoms with Crippen LogP contribution < -0.4 is 5.11 Å². The Morgan fingerprint density at radius 3 is 2.89 bits per heavy atom. The number of rotatable bonds is 2. The van der Waals surface area contributed by atoms with Crippen molar-refractivity contribution in [2.75, 3.05) is 26.2 Å². The molecule has 2 rings (SSSR count). The molecule has 0 N–H and O–H groups in total. The highest BCUT2D eigenvalue weighted by molar-refractivity contribution is 5.86. The molecule has 1 unspecified atom stereocenters. The van der Waals surface area contributed by atoms with E-state index >= 15 is 0 Å². The van der Waals surface area contributed by atoms with Gasteiger partial charge in [-0.25, -0.2) is 4.79 Å². The van der Waals surface area contributed by atoms with E-state index in [-0.39, 0.29) is 5.76 Å². The van der Waals surface area contributed by atoms with Crippen LogP contribution in [0.4, 0.5) is 0 Å². The average Bonchev–Trinajstić information content (AvgIpc) is 2.50. The summed E-state index contributed by atoms with van der Waals surface area (Å²) in [5.41, 5.74) is 0.388. The second kappa shape index (κ2) is 5.57. The van der Waals surface area contributed by atoms with Crippen LogP contribution in [0.2, 0.25) is 0 Å². The smallest absolute Gasteiger partial charge is 0.391 e. The highest BCUT2D eigenvalue weighted by Crippen LogP contribution is 2.30. The summed E-state index contributed by atoms with van der Waals surface area (Å²) in [4.78, 5) is 12.1. The van der Waals surface area contributed by atoms with Crippen molar-refractivity contribution in [2.24, 2.45) is 0 Å². The lowest BCUT2D eigenvalue weighted by atomic mass is 10.1. The molecule has 0 saturated carbocycles. The monoisotopic (exact) mass is 251 g/mol. The fourth-order valence-corrected chi connectivity index (χ4v) is 2.91. The Labute approximate surface area is 108 Å². The molecule has 18 heavy (non-hydrogen) atoms. The highest BCUT2D eigenvalue weighted by Gasteiger charge is 2.39. The number of nitrogens with zero attached hydrogens (tertiary/aromatic N) is 1. The molecule has 0 fully saturated rings. The van der Waals surface area contributed by atoms with Crippen molar-refractivity contribution < 1.29 is 19.1 Å². The molecule has 2 aliphatic rings. The second-order valence-corrected chi connectivity index (χ2v) is 4.98. The maximum atomic E-state index is 12.2. The van der Waals surface area contributed by atoms with Gasteiger partial charge in [0.1, 0.15) is 6.54 Å². The van der Waals surface area contributed by atoms with E-state index < -0.39 is 5.97 Å². The highest BCUT2D eigenvalue weighted by atomic mass is 16.5. The van der Waals surface area contributed by atoms with E-state index in [1.165, 1.54) is 0 Å². The maximum Gasteiger partial charge on any atom is 0.391 e. The molecule has 2 heterocycles. The number of carbonyl (C=O) groups is 1. The van der Waals surface area contributed by atoms with Gasteiger partial charge in [-0.1, -0.05) is 11.8 Å². The summed E-state index contributed by atoms with van der Waals surface area (Å²) >= 11 is 0. The second-order valence-electron chi connectivity index (χ2n) is 4.98. The van der Waals surface area contributed by atoms with E-state index in [4.69, 9.17) is 4.74 Å². The largest absolute Gasteiger partial charge is 0.871 e. The van der Waals surface area contributed by atoms with Crippen molar-refractivity contribution in [2.45, 2.75) is 32.6 Å².